The van der Waals surface area contributed by atoms with E-state index in [9.17, 15) is 14.4 Å². The Kier molecular flexibility index (Phi) is 6.79. The molecule has 1 amide bonds. The second-order valence-corrected chi connectivity index (χ2v) is 10.3. The van der Waals surface area contributed by atoms with Crippen LogP contribution in [0.2, 0.25) is 5.02 Å². The van der Waals surface area contributed by atoms with E-state index in [4.69, 9.17) is 11.6 Å². The van der Waals surface area contributed by atoms with Crippen LogP contribution >= 0.6 is 11.6 Å². The zero-order chi connectivity index (χ0) is 25.4. The number of aromatic nitrogens is 5. The SMILES string of the molecule is CN(Cc1cnc(N2CCC(n3c(=O)c(=O)n(C)c4cc(Cl)cnc43)CC2)nc1)C(=O)C1CCCC1. The number of rotatable bonds is 5. The van der Waals surface area contributed by atoms with Crippen LogP contribution in [-0.2, 0) is 18.4 Å². The first kappa shape index (κ1) is 24.4. The summed E-state index contributed by atoms with van der Waals surface area (Å²) in [5.74, 6) is 0.972. The van der Waals surface area contributed by atoms with E-state index in [1.54, 1.807) is 30.4 Å². The molecule has 190 valence electrons. The molecule has 0 unspecified atom stereocenters. The summed E-state index contributed by atoms with van der Waals surface area (Å²) in [6, 6.07) is 1.50. The quantitative estimate of drug-likeness (QED) is 0.484. The van der Waals surface area contributed by atoms with Gasteiger partial charge in [-0.05, 0) is 31.7 Å². The molecule has 1 aliphatic carbocycles. The topological polar surface area (TPSA) is 106 Å². The first-order chi connectivity index (χ1) is 17.3. The van der Waals surface area contributed by atoms with Gasteiger partial charge in [-0.2, -0.15) is 0 Å². The van der Waals surface area contributed by atoms with Gasteiger partial charge in [-0.3, -0.25) is 19.0 Å². The van der Waals surface area contributed by atoms with Crippen LogP contribution in [0.3, 0.4) is 0 Å². The van der Waals surface area contributed by atoms with Gasteiger partial charge in [0.15, 0.2) is 5.65 Å². The molecule has 3 aromatic heterocycles. The molecule has 0 radical (unpaired) electrons. The third-order valence-electron chi connectivity index (χ3n) is 7.41. The summed E-state index contributed by atoms with van der Waals surface area (Å²) in [7, 11) is 3.39. The monoisotopic (exact) mass is 511 g/mol. The first-order valence-electron chi connectivity index (χ1n) is 12.4. The zero-order valence-electron chi connectivity index (χ0n) is 20.6. The van der Waals surface area contributed by atoms with E-state index in [0.717, 1.165) is 31.2 Å². The van der Waals surface area contributed by atoms with Gasteiger partial charge < -0.3 is 14.4 Å². The van der Waals surface area contributed by atoms with Crippen molar-refractivity contribution >= 4 is 34.6 Å². The van der Waals surface area contributed by atoms with Crippen LogP contribution < -0.4 is 16.0 Å². The van der Waals surface area contributed by atoms with E-state index in [-0.39, 0.29) is 17.9 Å². The van der Waals surface area contributed by atoms with Crippen molar-refractivity contribution in [1.82, 2.24) is 29.0 Å². The average Bonchev–Trinajstić information content (AvgIpc) is 3.43. The number of aryl methyl sites for hydroxylation is 1. The first-order valence-corrected chi connectivity index (χ1v) is 12.8. The maximum Gasteiger partial charge on any atom is 0.318 e. The van der Waals surface area contributed by atoms with Gasteiger partial charge >= 0.3 is 11.1 Å². The molecule has 11 heteroatoms. The highest BCUT2D eigenvalue weighted by molar-refractivity contribution is 6.31. The molecule has 0 aromatic carbocycles. The molecule has 2 fully saturated rings. The van der Waals surface area contributed by atoms with Crippen molar-refractivity contribution < 1.29 is 4.79 Å². The zero-order valence-corrected chi connectivity index (χ0v) is 21.3. The Hall–Kier alpha value is -3.27. The van der Waals surface area contributed by atoms with Gasteiger partial charge in [0.1, 0.15) is 0 Å². The number of hydrogen-bond acceptors (Lipinski definition) is 7. The van der Waals surface area contributed by atoms with Gasteiger partial charge in [0.2, 0.25) is 11.9 Å². The Labute approximate surface area is 213 Å². The summed E-state index contributed by atoms with van der Waals surface area (Å²) in [6.07, 6.45) is 10.6. The Balaban J connectivity index is 1.27. The van der Waals surface area contributed by atoms with Crippen molar-refractivity contribution in [3.8, 4) is 0 Å². The number of carbonyl (C=O) groups excluding carboxylic acids is 1. The smallest absolute Gasteiger partial charge is 0.318 e. The molecule has 1 aliphatic heterocycles. The molecule has 10 nitrogen and oxygen atoms in total. The lowest BCUT2D eigenvalue weighted by atomic mass is 10.0. The fourth-order valence-electron chi connectivity index (χ4n) is 5.40. The molecular formula is C25H30ClN7O3. The van der Waals surface area contributed by atoms with Crippen LogP contribution in [0, 0.1) is 5.92 Å². The van der Waals surface area contributed by atoms with Crippen molar-refractivity contribution in [2.24, 2.45) is 13.0 Å². The van der Waals surface area contributed by atoms with Crippen LogP contribution in [-0.4, -0.2) is 55.0 Å². The van der Waals surface area contributed by atoms with Crippen LogP contribution in [0.15, 0.2) is 34.2 Å². The normalized spacial score (nSPS) is 17.1. The minimum atomic E-state index is -0.593. The summed E-state index contributed by atoms with van der Waals surface area (Å²) in [6.45, 7) is 1.77. The highest BCUT2D eigenvalue weighted by Crippen LogP contribution is 2.28. The minimum absolute atomic E-state index is 0.151. The van der Waals surface area contributed by atoms with Crippen LogP contribution in [0.4, 0.5) is 5.95 Å². The summed E-state index contributed by atoms with van der Waals surface area (Å²) < 4.78 is 2.82. The number of amides is 1. The molecule has 0 bridgehead atoms. The number of hydrogen-bond donors (Lipinski definition) is 0. The van der Waals surface area contributed by atoms with Gasteiger partial charge in [-0.15, -0.1) is 0 Å². The van der Waals surface area contributed by atoms with Gasteiger partial charge in [0.25, 0.3) is 0 Å². The molecule has 1 saturated heterocycles. The lowest BCUT2D eigenvalue weighted by Gasteiger charge is -2.33. The van der Waals surface area contributed by atoms with Crippen molar-refractivity contribution in [2.45, 2.75) is 51.1 Å². The predicted molar refractivity (Wildman–Crippen MR) is 137 cm³/mol. The standard InChI is InChI=1S/C25H30ClN7O3/c1-30(22(34)17-5-3-4-6-17)15-16-12-28-25(29-13-16)32-9-7-19(8-10-32)33-21-20(11-18(26)14-27-21)31(2)23(35)24(33)36/h11-14,17,19H,3-10,15H2,1-2H3. The summed E-state index contributed by atoms with van der Waals surface area (Å²) in [5.41, 5.74) is 0.719. The Morgan fingerprint density at radius 3 is 2.36 bits per heavy atom. The molecule has 1 saturated carbocycles. The Bertz CT molecular complexity index is 1390. The number of anilines is 1. The van der Waals surface area contributed by atoms with E-state index in [1.165, 1.54) is 15.3 Å². The van der Waals surface area contributed by atoms with Crippen molar-refractivity contribution in [3.05, 3.63) is 56.0 Å². The Morgan fingerprint density at radius 2 is 1.69 bits per heavy atom. The summed E-state index contributed by atoms with van der Waals surface area (Å²) in [4.78, 5) is 55.4. The maximum atomic E-state index is 12.9. The van der Waals surface area contributed by atoms with Gasteiger partial charge in [0.05, 0.1) is 10.5 Å². The van der Waals surface area contributed by atoms with Crippen molar-refractivity contribution in [2.75, 3.05) is 25.0 Å². The molecule has 0 spiro atoms. The maximum absolute atomic E-state index is 12.9. The van der Waals surface area contributed by atoms with Crippen molar-refractivity contribution in [1.29, 1.82) is 0 Å². The fraction of sp³-hybridized carbons (Fsp3) is 0.520. The van der Waals surface area contributed by atoms with E-state index in [0.29, 0.717) is 54.6 Å². The predicted octanol–water partition coefficient (Wildman–Crippen LogP) is 2.53. The fourth-order valence-corrected chi connectivity index (χ4v) is 5.55. The summed E-state index contributed by atoms with van der Waals surface area (Å²) >= 11 is 6.09. The molecule has 4 heterocycles. The van der Waals surface area contributed by atoms with E-state index in [2.05, 4.69) is 19.9 Å². The molecular weight excluding hydrogens is 482 g/mol. The molecule has 36 heavy (non-hydrogen) atoms. The van der Waals surface area contributed by atoms with Gasteiger partial charge in [-0.25, -0.2) is 15.0 Å². The van der Waals surface area contributed by atoms with Crippen LogP contribution in [0.5, 0.6) is 0 Å². The number of halogens is 1. The lowest BCUT2D eigenvalue weighted by Crippen LogP contribution is -2.45. The summed E-state index contributed by atoms with van der Waals surface area (Å²) in [5, 5.41) is 0.409. The van der Waals surface area contributed by atoms with Crippen molar-refractivity contribution in [3.63, 3.8) is 0 Å². The van der Waals surface area contributed by atoms with Gasteiger partial charge in [-0.1, -0.05) is 24.4 Å². The van der Waals surface area contributed by atoms with Crippen LogP contribution in [0.1, 0.15) is 50.1 Å². The van der Waals surface area contributed by atoms with Crippen LogP contribution in [0.25, 0.3) is 11.2 Å². The second-order valence-electron chi connectivity index (χ2n) is 9.82. The number of carbonyl (C=O) groups is 1. The van der Waals surface area contributed by atoms with E-state index >= 15 is 0 Å². The molecule has 0 atom stereocenters. The molecule has 5 rings (SSSR count). The second kappa shape index (κ2) is 10.0. The van der Waals surface area contributed by atoms with E-state index in [1.807, 2.05) is 7.05 Å². The average molecular weight is 512 g/mol. The highest BCUT2D eigenvalue weighted by atomic mass is 35.5. The molecule has 0 N–H and O–H groups in total. The van der Waals surface area contributed by atoms with Gasteiger partial charge in [0, 0.05) is 69.8 Å². The largest absolute Gasteiger partial charge is 0.341 e. The molecule has 3 aromatic rings. The number of nitrogens with zero attached hydrogens (tertiary/aromatic N) is 7. The lowest BCUT2D eigenvalue weighted by molar-refractivity contribution is -0.134. The third-order valence-corrected chi connectivity index (χ3v) is 7.62. The highest BCUT2D eigenvalue weighted by Gasteiger charge is 2.27. The number of piperidine rings is 1. The third kappa shape index (κ3) is 4.61. The van der Waals surface area contributed by atoms with E-state index < -0.39 is 11.1 Å². The Morgan fingerprint density at radius 1 is 1.03 bits per heavy atom. The number of pyridine rings is 1. The minimum Gasteiger partial charge on any atom is -0.341 e. The molecule has 2 aliphatic rings. The number of fused-ring (bicyclic) bond motifs is 1.